The molecular weight excluding hydrogens is 362 g/mol. The molecular formula is C20H25N3O3S. The number of carbonyl (C=O) groups excluding carboxylic acids is 1. The zero-order valence-electron chi connectivity index (χ0n) is 15.1. The summed E-state index contributed by atoms with van der Waals surface area (Å²) in [5.74, 6) is 0.498. The van der Waals surface area contributed by atoms with Crippen molar-refractivity contribution < 1.29 is 13.2 Å². The Morgan fingerprint density at radius 3 is 2.44 bits per heavy atom. The molecule has 6 nitrogen and oxygen atoms in total. The minimum absolute atomic E-state index is 0.0842. The maximum atomic E-state index is 12.5. The van der Waals surface area contributed by atoms with Gasteiger partial charge < -0.3 is 10.6 Å². The van der Waals surface area contributed by atoms with E-state index in [9.17, 15) is 13.2 Å². The van der Waals surface area contributed by atoms with Gasteiger partial charge in [0.05, 0.1) is 4.90 Å². The lowest BCUT2D eigenvalue weighted by molar-refractivity contribution is -0.116. The lowest BCUT2D eigenvalue weighted by Crippen LogP contribution is -2.28. The van der Waals surface area contributed by atoms with Crippen molar-refractivity contribution in [2.45, 2.75) is 30.6 Å². The Balaban J connectivity index is 1.60. The molecule has 1 fully saturated rings. The number of nitrogens with one attached hydrogen (secondary N) is 3. The molecule has 144 valence electrons. The topological polar surface area (TPSA) is 87.3 Å². The summed E-state index contributed by atoms with van der Waals surface area (Å²) in [7, 11) is -3.71. The van der Waals surface area contributed by atoms with Crippen LogP contribution in [0.5, 0.6) is 0 Å². The van der Waals surface area contributed by atoms with Crippen molar-refractivity contribution in [3.8, 4) is 0 Å². The lowest BCUT2D eigenvalue weighted by atomic mass is 9.93. The summed E-state index contributed by atoms with van der Waals surface area (Å²) in [6.45, 7) is 2.03. The molecule has 0 bridgehead atoms. The fourth-order valence-electron chi connectivity index (χ4n) is 3.19. The van der Waals surface area contributed by atoms with Gasteiger partial charge >= 0.3 is 0 Å². The van der Waals surface area contributed by atoms with Crippen molar-refractivity contribution in [3.05, 3.63) is 54.6 Å². The zero-order valence-corrected chi connectivity index (χ0v) is 16.0. The molecule has 1 heterocycles. The van der Waals surface area contributed by atoms with Gasteiger partial charge in [-0.15, -0.1) is 0 Å². The van der Waals surface area contributed by atoms with E-state index in [2.05, 4.69) is 15.4 Å². The van der Waals surface area contributed by atoms with Gasteiger partial charge in [0, 0.05) is 17.8 Å². The second-order valence-electron chi connectivity index (χ2n) is 6.78. The van der Waals surface area contributed by atoms with E-state index in [1.165, 1.54) is 12.1 Å². The van der Waals surface area contributed by atoms with Crippen molar-refractivity contribution in [3.63, 3.8) is 0 Å². The number of benzene rings is 2. The Morgan fingerprint density at radius 1 is 1.00 bits per heavy atom. The lowest BCUT2D eigenvalue weighted by Gasteiger charge is -2.22. The van der Waals surface area contributed by atoms with Crippen molar-refractivity contribution in [1.82, 2.24) is 5.32 Å². The highest BCUT2D eigenvalue weighted by atomic mass is 32.2. The third kappa shape index (κ3) is 5.80. The fourth-order valence-corrected chi connectivity index (χ4v) is 4.29. The monoisotopic (exact) mass is 387 g/mol. The van der Waals surface area contributed by atoms with Crippen LogP contribution in [0.25, 0.3) is 0 Å². The van der Waals surface area contributed by atoms with Crippen LogP contribution < -0.4 is 15.4 Å². The Labute approximate surface area is 160 Å². The molecule has 1 aliphatic heterocycles. The molecule has 0 radical (unpaired) electrons. The molecule has 3 rings (SSSR count). The summed E-state index contributed by atoms with van der Waals surface area (Å²) in [5.41, 5.74) is 0.982. The molecule has 1 saturated heterocycles. The predicted octanol–water partition coefficient (Wildman–Crippen LogP) is 3.21. The number of hydrogen-bond donors (Lipinski definition) is 3. The molecule has 0 aromatic heterocycles. The van der Waals surface area contributed by atoms with E-state index in [1.807, 2.05) is 6.07 Å². The maximum Gasteiger partial charge on any atom is 0.261 e. The van der Waals surface area contributed by atoms with Crippen molar-refractivity contribution >= 4 is 27.3 Å². The average molecular weight is 388 g/mol. The van der Waals surface area contributed by atoms with Crippen LogP contribution in [-0.4, -0.2) is 27.4 Å². The number of carbonyl (C=O) groups is 1. The third-order valence-corrected chi connectivity index (χ3v) is 6.07. The van der Waals surface area contributed by atoms with E-state index in [1.54, 1.807) is 36.4 Å². The van der Waals surface area contributed by atoms with E-state index >= 15 is 0 Å². The summed E-state index contributed by atoms with van der Waals surface area (Å²) in [6.07, 6.45) is 3.52. The first-order valence-corrected chi connectivity index (χ1v) is 10.7. The molecule has 0 aliphatic carbocycles. The van der Waals surface area contributed by atoms with Gasteiger partial charge in [0.2, 0.25) is 5.91 Å². The fraction of sp³-hybridized carbons (Fsp3) is 0.350. The molecule has 0 unspecified atom stereocenters. The minimum Gasteiger partial charge on any atom is -0.326 e. The Bertz CT molecular complexity index is 863. The van der Waals surface area contributed by atoms with Crippen LogP contribution in [0.4, 0.5) is 11.4 Å². The normalized spacial score (nSPS) is 15.3. The summed E-state index contributed by atoms with van der Waals surface area (Å²) in [5, 5.41) is 6.13. The SMILES string of the molecule is O=C(CCC1CCNCC1)Nc1cccc(S(=O)(=O)Nc2ccccc2)c1. The smallest absolute Gasteiger partial charge is 0.261 e. The zero-order chi connectivity index (χ0) is 19.1. The van der Waals surface area contributed by atoms with E-state index in [-0.39, 0.29) is 10.8 Å². The van der Waals surface area contributed by atoms with Gasteiger partial charge in [-0.2, -0.15) is 0 Å². The van der Waals surface area contributed by atoms with E-state index < -0.39 is 10.0 Å². The molecule has 0 saturated carbocycles. The first kappa shape index (κ1) is 19.4. The quantitative estimate of drug-likeness (QED) is 0.681. The number of sulfonamides is 1. The van der Waals surface area contributed by atoms with Gasteiger partial charge in [-0.3, -0.25) is 9.52 Å². The first-order chi connectivity index (χ1) is 13.0. The molecule has 7 heteroatoms. The Kier molecular flexibility index (Phi) is 6.47. The molecule has 27 heavy (non-hydrogen) atoms. The number of anilines is 2. The van der Waals surface area contributed by atoms with Gasteiger partial charge in [-0.05, 0) is 68.6 Å². The highest BCUT2D eigenvalue weighted by Crippen LogP contribution is 2.21. The molecule has 1 amide bonds. The van der Waals surface area contributed by atoms with E-state index in [4.69, 9.17) is 0 Å². The summed E-state index contributed by atoms with van der Waals surface area (Å²) < 4.78 is 27.6. The largest absolute Gasteiger partial charge is 0.326 e. The van der Waals surface area contributed by atoms with Gasteiger partial charge in [0.15, 0.2) is 0 Å². The standard InChI is InChI=1S/C20H25N3O3S/c24-20(10-9-16-11-13-21-14-12-16)22-18-7-4-8-19(15-18)27(25,26)23-17-5-2-1-3-6-17/h1-8,15-16,21,23H,9-14H2,(H,22,24). The number of para-hydroxylation sites is 1. The number of hydrogen-bond acceptors (Lipinski definition) is 4. The van der Waals surface area contributed by atoms with Gasteiger partial charge in [-0.1, -0.05) is 24.3 Å². The van der Waals surface area contributed by atoms with Crippen LogP contribution in [0.1, 0.15) is 25.7 Å². The third-order valence-electron chi connectivity index (χ3n) is 4.69. The Hall–Kier alpha value is -2.38. The molecule has 2 aromatic rings. The molecule has 0 spiro atoms. The van der Waals surface area contributed by atoms with E-state index in [0.717, 1.165) is 32.4 Å². The Morgan fingerprint density at radius 2 is 1.70 bits per heavy atom. The second kappa shape index (κ2) is 9.01. The number of amides is 1. The van der Waals surface area contributed by atoms with Crippen molar-refractivity contribution in [2.24, 2.45) is 5.92 Å². The number of rotatable bonds is 7. The average Bonchev–Trinajstić information content (AvgIpc) is 2.68. The van der Waals surface area contributed by atoms with E-state index in [0.29, 0.717) is 23.7 Å². The first-order valence-electron chi connectivity index (χ1n) is 9.21. The molecule has 2 aromatic carbocycles. The predicted molar refractivity (Wildman–Crippen MR) is 107 cm³/mol. The van der Waals surface area contributed by atoms with Crippen molar-refractivity contribution in [1.29, 1.82) is 0 Å². The van der Waals surface area contributed by atoms with Gasteiger partial charge in [-0.25, -0.2) is 8.42 Å². The molecule has 1 aliphatic rings. The number of piperidine rings is 1. The highest BCUT2D eigenvalue weighted by Gasteiger charge is 2.17. The highest BCUT2D eigenvalue weighted by molar-refractivity contribution is 7.92. The summed E-state index contributed by atoms with van der Waals surface area (Å²) >= 11 is 0. The van der Waals surface area contributed by atoms with Crippen LogP contribution in [0, 0.1) is 5.92 Å². The van der Waals surface area contributed by atoms with Crippen LogP contribution in [-0.2, 0) is 14.8 Å². The molecule has 3 N–H and O–H groups in total. The van der Waals surface area contributed by atoms with Gasteiger partial charge in [0.25, 0.3) is 10.0 Å². The van der Waals surface area contributed by atoms with Crippen LogP contribution in [0.3, 0.4) is 0 Å². The molecule has 0 atom stereocenters. The van der Waals surface area contributed by atoms with Crippen LogP contribution in [0.15, 0.2) is 59.5 Å². The summed E-state index contributed by atoms with van der Waals surface area (Å²) in [4.78, 5) is 12.3. The van der Waals surface area contributed by atoms with Crippen LogP contribution >= 0.6 is 0 Å². The van der Waals surface area contributed by atoms with Crippen LogP contribution in [0.2, 0.25) is 0 Å². The van der Waals surface area contributed by atoms with Gasteiger partial charge in [0.1, 0.15) is 0 Å². The minimum atomic E-state index is -3.71. The second-order valence-corrected chi connectivity index (χ2v) is 8.46. The maximum absolute atomic E-state index is 12.5. The summed E-state index contributed by atoms with van der Waals surface area (Å²) in [6, 6.07) is 15.0. The van der Waals surface area contributed by atoms with Crippen molar-refractivity contribution in [2.75, 3.05) is 23.1 Å².